The van der Waals surface area contributed by atoms with Crippen molar-refractivity contribution in [1.82, 2.24) is 15.3 Å². The lowest BCUT2D eigenvalue weighted by Crippen LogP contribution is -2.25. The maximum Gasteiger partial charge on any atom is 0.271 e. The van der Waals surface area contributed by atoms with E-state index in [1.165, 1.54) is 6.20 Å². The molecule has 2 heterocycles. The number of anilines is 1. The number of hydrogen-bond acceptors (Lipinski definition) is 4. The van der Waals surface area contributed by atoms with Crippen LogP contribution in [0.3, 0.4) is 0 Å². The smallest absolute Gasteiger partial charge is 0.271 e. The average molecular weight is 310 g/mol. The first-order valence-corrected chi connectivity index (χ1v) is 7.59. The molecule has 2 aromatic rings. The lowest BCUT2D eigenvalue weighted by molar-refractivity contribution is -0.117. The van der Waals surface area contributed by atoms with Crippen LogP contribution in [-0.4, -0.2) is 28.3 Å². The Labute approximate surface area is 134 Å². The minimum Gasteiger partial charge on any atom is -0.347 e. The van der Waals surface area contributed by atoms with Gasteiger partial charge in [-0.25, -0.2) is 4.98 Å². The zero-order valence-corrected chi connectivity index (χ0v) is 13.0. The van der Waals surface area contributed by atoms with Gasteiger partial charge in [0.2, 0.25) is 5.91 Å². The van der Waals surface area contributed by atoms with Crippen LogP contribution in [0.15, 0.2) is 36.7 Å². The fourth-order valence-corrected chi connectivity index (χ4v) is 2.50. The number of amides is 2. The van der Waals surface area contributed by atoms with Crippen LogP contribution in [0.25, 0.3) is 0 Å². The Morgan fingerprint density at radius 3 is 2.61 bits per heavy atom. The summed E-state index contributed by atoms with van der Waals surface area (Å²) in [4.78, 5) is 33.6. The Hall–Kier alpha value is -2.76. The van der Waals surface area contributed by atoms with E-state index < -0.39 is 0 Å². The van der Waals surface area contributed by atoms with Gasteiger partial charge in [-0.3, -0.25) is 14.6 Å². The first-order valence-electron chi connectivity index (χ1n) is 7.59. The third-order valence-corrected chi connectivity index (χ3v) is 3.79. The number of nitrogens with zero attached hydrogens (tertiary/aromatic N) is 3. The second kappa shape index (κ2) is 6.56. The Kier molecular flexibility index (Phi) is 4.32. The van der Waals surface area contributed by atoms with E-state index in [0.29, 0.717) is 18.7 Å². The monoisotopic (exact) mass is 310 g/mol. The number of hydrogen-bond donors (Lipinski definition) is 1. The molecule has 0 atom stereocenters. The molecule has 1 N–H and O–H groups in total. The highest BCUT2D eigenvalue weighted by Crippen LogP contribution is 2.21. The van der Waals surface area contributed by atoms with E-state index in [0.717, 1.165) is 29.9 Å². The third kappa shape index (κ3) is 3.53. The van der Waals surface area contributed by atoms with Gasteiger partial charge in [0.25, 0.3) is 5.91 Å². The molecule has 2 amide bonds. The van der Waals surface area contributed by atoms with Crippen LogP contribution < -0.4 is 10.2 Å². The largest absolute Gasteiger partial charge is 0.347 e. The summed E-state index contributed by atoms with van der Waals surface area (Å²) in [6.45, 7) is 3.00. The van der Waals surface area contributed by atoms with Gasteiger partial charge in [-0.05, 0) is 31.0 Å². The van der Waals surface area contributed by atoms with Crippen molar-refractivity contribution in [1.29, 1.82) is 0 Å². The van der Waals surface area contributed by atoms with Gasteiger partial charge < -0.3 is 10.2 Å². The molecule has 0 bridgehead atoms. The molecule has 1 aliphatic heterocycles. The summed E-state index contributed by atoms with van der Waals surface area (Å²) in [5.74, 6) is -0.0831. The van der Waals surface area contributed by atoms with E-state index in [2.05, 4.69) is 15.3 Å². The van der Waals surface area contributed by atoms with Crippen LogP contribution >= 0.6 is 0 Å². The molecule has 1 aromatic heterocycles. The van der Waals surface area contributed by atoms with E-state index in [9.17, 15) is 9.59 Å². The lowest BCUT2D eigenvalue weighted by Gasteiger charge is -2.16. The van der Waals surface area contributed by atoms with Crippen LogP contribution in [0, 0.1) is 6.92 Å². The summed E-state index contributed by atoms with van der Waals surface area (Å²) < 4.78 is 0. The summed E-state index contributed by atoms with van der Waals surface area (Å²) in [6.07, 6.45) is 4.56. The average Bonchev–Trinajstić information content (AvgIpc) is 3.00. The van der Waals surface area contributed by atoms with Crippen molar-refractivity contribution in [3.63, 3.8) is 0 Å². The van der Waals surface area contributed by atoms with E-state index in [4.69, 9.17) is 0 Å². The molecule has 0 saturated carbocycles. The Balaban J connectivity index is 1.59. The first-order chi connectivity index (χ1) is 11.1. The van der Waals surface area contributed by atoms with Crippen molar-refractivity contribution in [2.75, 3.05) is 11.4 Å². The second-order valence-corrected chi connectivity index (χ2v) is 5.54. The molecule has 0 radical (unpaired) electrons. The SMILES string of the molecule is Cc1cnc(C(=O)NCc2ccc(N3CCCC3=O)cc2)cn1. The van der Waals surface area contributed by atoms with Crippen molar-refractivity contribution >= 4 is 17.5 Å². The van der Waals surface area contributed by atoms with E-state index in [1.54, 1.807) is 11.1 Å². The van der Waals surface area contributed by atoms with Gasteiger partial charge in [-0.2, -0.15) is 0 Å². The highest BCUT2D eigenvalue weighted by atomic mass is 16.2. The topological polar surface area (TPSA) is 75.2 Å². The summed E-state index contributed by atoms with van der Waals surface area (Å²) in [5.41, 5.74) is 2.95. The molecule has 23 heavy (non-hydrogen) atoms. The van der Waals surface area contributed by atoms with Gasteiger partial charge in [-0.1, -0.05) is 12.1 Å². The standard InChI is InChI=1S/C17H18N4O2/c1-12-9-19-15(11-18-12)17(23)20-10-13-4-6-14(7-5-13)21-8-2-3-16(21)22/h4-7,9,11H,2-3,8,10H2,1H3,(H,20,23). The maximum atomic E-state index is 12.0. The molecule has 3 rings (SSSR count). The minimum atomic E-state index is -0.253. The third-order valence-electron chi connectivity index (χ3n) is 3.79. The number of aryl methyl sites for hydroxylation is 1. The molecule has 6 nitrogen and oxygen atoms in total. The lowest BCUT2D eigenvalue weighted by atomic mass is 10.2. The second-order valence-electron chi connectivity index (χ2n) is 5.54. The van der Waals surface area contributed by atoms with Gasteiger partial charge in [0, 0.05) is 31.4 Å². The number of carbonyl (C=O) groups excluding carboxylic acids is 2. The Morgan fingerprint density at radius 2 is 2.00 bits per heavy atom. The van der Waals surface area contributed by atoms with E-state index >= 15 is 0 Å². The molecule has 1 aromatic carbocycles. The molecule has 6 heteroatoms. The van der Waals surface area contributed by atoms with Crippen molar-refractivity contribution in [2.45, 2.75) is 26.3 Å². The molecule has 118 valence electrons. The van der Waals surface area contributed by atoms with Crippen molar-refractivity contribution < 1.29 is 9.59 Å². The molecule has 0 unspecified atom stereocenters. The van der Waals surface area contributed by atoms with Crippen molar-refractivity contribution in [3.8, 4) is 0 Å². The molecular weight excluding hydrogens is 292 g/mol. The summed E-state index contributed by atoms with van der Waals surface area (Å²) in [5, 5.41) is 2.81. The Morgan fingerprint density at radius 1 is 1.22 bits per heavy atom. The summed E-state index contributed by atoms with van der Waals surface area (Å²) in [7, 11) is 0. The van der Waals surface area contributed by atoms with E-state index in [1.807, 2.05) is 31.2 Å². The van der Waals surface area contributed by atoms with Gasteiger partial charge in [0.1, 0.15) is 5.69 Å². The fourth-order valence-electron chi connectivity index (χ4n) is 2.50. The predicted octanol–water partition coefficient (Wildman–Crippen LogP) is 1.84. The molecule has 1 aliphatic rings. The van der Waals surface area contributed by atoms with Gasteiger partial charge in [0.15, 0.2) is 0 Å². The van der Waals surface area contributed by atoms with Gasteiger partial charge in [-0.15, -0.1) is 0 Å². The highest BCUT2D eigenvalue weighted by Gasteiger charge is 2.21. The van der Waals surface area contributed by atoms with Crippen LogP contribution in [-0.2, 0) is 11.3 Å². The molecule has 0 aliphatic carbocycles. The maximum absolute atomic E-state index is 12.0. The Bertz CT molecular complexity index is 710. The molecular formula is C17H18N4O2. The molecule has 1 fully saturated rings. The van der Waals surface area contributed by atoms with Gasteiger partial charge in [0.05, 0.1) is 11.9 Å². The van der Waals surface area contributed by atoms with E-state index in [-0.39, 0.29) is 11.8 Å². The highest BCUT2D eigenvalue weighted by molar-refractivity contribution is 5.95. The predicted molar refractivity (Wildman–Crippen MR) is 86.0 cm³/mol. The van der Waals surface area contributed by atoms with Crippen LogP contribution in [0.2, 0.25) is 0 Å². The quantitative estimate of drug-likeness (QED) is 0.935. The molecule has 1 saturated heterocycles. The van der Waals surface area contributed by atoms with Gasteiger partial charge >= 0.3 is 0 Å². The fraction of sp³-hybridized carbons (Fsp3) is 0.294. The normalized spacial score (nSPS) is 14.1. The zero-order chi connectivity index (χ0) is 16.2. The number of benzene rings is 1. The minimum absolute atomic E-state index is 0.170. The summed E-state index contributed by atoms with van der Waals surface area (Å²) >= 11 is 0. The number of aromatic nitrogens is 2. The number of nitrogens with one attached hydrogen (secondary N) is 1. The van der Waals surface area contributed by atoms with Crippen molar-refractivity contribution in [2.24, 2.45) is 0 Å². The number of rotatable bonds is 4. The first kappa shape index (κ1) is 15.1. The summed E-state index contributed by atoms with van der Waals surface area (Å²) in [6, 6.07) is 7.66. The van der Waals surface area contributed by atoms with Crippen LogP contribution in [0.4, 0.5) is 5.69 Å². The molecule has 0 spiro atoms. The van der Waals surface area contributed by atoms with Crippen LogP contribution in [0.5, 0.6) is 0 Å². The zero-order valence-electron chi connectivity index (χ0n) is 13.0. The van der Waals surface area contributed by atoms with Crippen molar-refractivity contribution in [3.05, 3.63) is 53.6 Å². The number of carbonyl (C=O) groups is 2. The van der Waals surface area contributed by atoms with Crippen LogP contribution in [0.1, 0.15) is 34.6 Å².